The van der Waals surface area contributed by atoms with Gasteiger partial charge in [-0.25, -0.2) is 0 Å². The fraction of sp³-hybridized carbons (Fsp3) is 0.588. The molecule has 8 atom stereocenters. The Morgan fingerprint density at radius 2 is 1.86 bits per heavy atom. The second-order valence-corrected chi connectivity index (χ2v) is 13.5. The second-order valence-electron chi connectivity index (χ2n) is 13.5. The van der Waals surface area contributed by atoms with Crippen molar-refractivity contribution >= 4 is 11.8 Å². The molecule has 3 N–H and O–H groups in total. The summed E-state index contributed by atoms with van der Waals surface area (Å²) < 4.78 is 5.90. The molecule has 2 aromatic carbocycles. The van der Waals surface area contributed by atoms with Crippen LogP contribution >= 0.6 is 0 Å². The summed E-state index contributed by atoms with van der Waals surface area (Å²) in [6.45, 7) is 8.45. The Balaban J connectivity index is 1.41. The van der Waals surface area contributed by atoms with Gasteiger partial charge in [-0.1, -0.05) is 51.1 Å². The number of fused-ring (bicyclic) bond motifs is 2. The summed E-state index contributed by atoms with van der Waals surface area (Å²) in [6, 6.07) is 12.4. The normalized spacial score (nSPS) is 30.3. The maximum atomic E-state index is 14.0. The Hall–Kier alpha value is -2.98. The van der Waals surface area contributed by atoms with E-state index in [4.69, 9.17) is 9.57 Å². The number of para-hydroxylation sites is 1. The average molecular weight is 594 g/mol. The van der Waals surface area contributed by atoms with E-state index in [1.165, 1.54) is 11.3 Å². The lowest BCUT2D eigenvalue weighted by Gasteiger charge is -2.62. The van der Waals surface area contributed by atoms with Crippen molar-refractivity contribution in [1.82, 2.24) is 15.3 Å². The van der Waals surface area contributed by atoms with Crippen LogP contribution in [0.4, 0.5) is 0 Å². The number of nitrogens with one attached hydrogen (secondary N) is 1. The highest BCUT2D eigenvalue weighted by molar-refractivity contribution is 5.94. The summed E-state index contributed by atoms with van der Waals surface area (Å²) in [4.78, 5) is 34.1. The molecule has 9 heteroatoms. The Bertz CT molecular complexity index is 1330. The summed E-state index contributed by atoms with van der Waals surface area (Å²) in [7, 11) is 5.05. The van der Waals surface area contributed by atoms with Crippen LogP contribution in [0.2, 0.25) is 0 Å². The zero-order valence-electron chi connectivity index (χ0n) is 26.4. The number of carbonyl (C=O) groups excluding carboxylic acids is 2. The van der Waals surface area contributed by atoms with Gasteiger partial charge in [0.05, 0.1) is 26.4 Å². The Kier molecular flexibility index (Phi) is 8.91. The summed E-state index contributed by atoms with van der Waals surface area (Å²) >= 11 is 0. The van der Waals surface area contributed by atoms with Gasteiger partial charge in [-0.2, -0.15) is 5.06 Å². The van der Waals surface area contributed by atoms with E-state index < -0.39 is 24.2 Å². The van der Waals surface area contributed by atoms with Gasteiger partial charge in [-0.05, 0) is 60.6 Å². The fourth-order valence-corrected chi connectivity index (χ4v) is 7.88. The Labute approximate surface area is 255 Å². The molecule has 4 fully saturated rings. The van der Waals surface area contributed by atoms with E-state index in [0.29, 0.717) is 34.5 Å². The predicted molar refractivity (Wildman–Crippen MR) is 164 cm³/mol. The van der Waals surface area contributed by atoms with Gasteiger partial charge in [-0.3, -0.25) is 14.4 Å². The number of aliphatic hydroxyl groups is 2. The van der Waals surface area contributed by atoms with Gasteiger partial charge in [0.1, 0.15) is 17.9 Å². The number of benzene rings is 2. The number of hydrogen-bond acceptors (Lipinski definition) is 7. The minimum absolute atomic E-state index is 0.0640. The molecule has 0 aromatic heterocycles. The predicted octanol–water partition coefficient (Wildman–Crippen LogP) is 3.72. The molecule has 2 aromatic rings. The monoisotopic (exact) mass is 593 g/mol. The molecular formula is C34H47N3O6. The van der Waals surface area contributed by atoms with Gasteiger partial charge in [0.15, 0.2) is 0 Å². The maximum absolute atomic E-state index is 14.0. The van der Waals surface area contributed by atoms with Gasteiger partial charge in [-0.15, -0.1) is 0 Å². The SMILES string of the molecule is COc1c(CN2O[C@@H](CO)[C@@H]([C@H](C)O)[C@H]2C(=O)N[C@H]2C[C@@H]3C[C@H]([C@@H]2C)C3(C)C)cccc1-c1ccc(C(=O)N(C)C)cc1. The van der Waals surface area contributed by atoms with Gasteiger partial charge in [0.2, 0.25) is 5.91 Å². The summed E-state index contributed by atoms with van der Waals surface area (Å²) in [5, 5.41) is 25.9. The molecule has 6 rings (SSSR count). The number of aliphatic hydroxyl groups excluding tert-OH is 2. The van der Waals surface area contributed by atoms with E-state index >= 15 is 0 Å². The van der Waals surface area contributed by atoms with Crippen molar-refractivity contribution in [2.45, 2.75) is 71.4 Å². The van der Waals surface area contributed by atoms with Crippen LogP contribution in [-0.2, 0) is 16.2 Å². The van der Waals surface area contributed by atoms with Gasteiger partial charge in [0, 0.05) is 42.7 Å². The molecule has 43 heavy (non-hydrogen) atoms. The molecule has 0 unspecified atom stereocenters. The number of rotatable bonds is 9. The van der Waals surface area contributed by atoms with Crippen molar-refractivity contribution in [1.29, 1.82) is 0 Å². The molecule has 3 saturated carbocycles. The summed E-state index contributed by atoms with van der Waals surface area (Å²) in [5.74, 6) is 1.29. The van der Waals surface area contributed by atoms with Crippen LogP contribution in [-0.4, -0.2) is 84.1 Å². The number of methoxy groups -OCH3 is 1. The van der Waals surface area contributed by atoms with E-state index in [1.807, 2.05) is 30.3 Å². The third-order valence-corrected chi connectivity index (χ3v) is 10.5. The minimum Gasteiger partial charge on any atom is -0.496 e. The number of hydrogen-bond donors (Lipinski definition) is 3. The molecule has 0 spiro atoms. The molecule has 1 aliphatic heterocycles. The molecule has 3 aliphatic carbocycles. The Morgan fingerprint density at radius 1 is 1.16 bits per heavy atom. The molecule has 1 saturated heterocycles. The number of carbonyl (C=O) groups is 2. The number of amides is 2. The summed E-state index contributed by atoms with van der Waals surface area (Å²) in [6.07, 6.45) is 0.572. The van der Waals surface area contributed by atoms with Crippen LogP contribution in [0.15, 0.2) is 42.5 Å². The highest BCUT2D eigenvalue weighted by Crippen LogP contribution is 2.61. The smallest absolute Gasteiger partial charge is 0.253 e. The van der Waals surface area contributed by atoms with Crippen LogP contribution in [0.3, 0.4) is 0 Å². The van der Waals surface area contributed by atoms with Gasteiger partial charge >= 0.3 is 0 Å². The molecule has 0 radical (unpaired) electrons. The number of hydroxylamine groups is 2. The zero-order chi connectivity index (χ0) is 31.2. The lowest BCUT2D eigenvalue weighted by molar-refractivity contribution is -0.183. The lowest BCUT2D eigenvalue weighted by Crippen LogP contribution is -2.62. The van der Waals surface area contributed by atoms with Crippen molar-refractivity contribution in [3.05, 3.63) is 53.6 Å². The van der Waals surface area contributed by atoms with Crippen molar-refractivity contribution in [2.75, 3.05) is 27.8 Å². The molecular weight excluding hydrogens is 546 g/mol. The van der Waals surface area contributed by atoms with Crippen molar-refractivity contribution in [2.24, 2.45) is 29.1 Å². The van der Waals surface area contributed by atoms with Gasteiger partial charge in [0.25, 0.3) is 5.91 Å². The highest BCUT2D eigenvalue weighted by atomic mass is 16.7. The molecule has 9 nitrogen and oxygen atoms in total. The van der Waals surface area contributed by atoms with Crippen molar-refractivity contribution < 1.29 is 29.4 Å². The van der Waals surface area contributed by atoms with Crippen LogP contribution in [0, 0.1) is 29.1 Å². The number of ether oxygens (including phenoxy) is 1. The quantitative estimate of drug-likeness (QED) is 0.406. The minimum atomic E-state index is -0.870. The third kappa shape index (κ3) is 5.68. The van der Waals surface area contributed by atoms with E-state index in [1.54, 1.807) is 45.3 Å². The van der Waals surface area contributed by atoms with Crippen LogP contribution in [0.1, 0.15) is 56.5 Å². The van der Waals surface area contributed by atoms with Crippen LogP contribution < -0.4 is 10.1 Å². The molecule has 2 bridgehead atoms. The first-order valence-electron chi connectivity index (χ1n) is 15.4. The van der Waals surface area contributed by atoms with E-state index in [0.717, 1.165) is 23.1 Å². The largest absolute Gasteiger partial charge is 0.496 e. The molecule has 234 valence electrons. The van der Waals surface area contributed by atoms with Crippen LogP contribution in [0.5, 0.6) is 5.75 Å². The lowest BCUT2D eigenvalue weighted by atomic mass is 9.45. The van der Waals surface area contributed by atoms with E-state index in [9.17, 15) is 19.8 Å². The van der Waals surface area contributed by atoms with Gasteiger partial charge < -0.3 is 25.2 Å². The van der Waals surface area contributed by atoms with E-state index in [-0.39, 0.29) is 31.0 Å². The molecule has 2 amide bonds. The van der Waals surface area contributed by atoms with Crippen molar-refractivity contribution in [3.8, 4) is 16.9 Å². The first-order valence-corrected chi connectivity index (χ1v) is 15.4. The third-order valence-electron chi connectivity index (χ3n) is 10.5. The molecule has 1 heterocycles. The standard InChI is InChI=1S/C34H47N3O6/c1-19-26-15-24(34(26,3)4)16-27(19)35-32(40)30-29(20(2)39)28(18-38)43-37(30)17-23-9-8-10-25(31(23)42-7)21-11-13-22(14-12-21)33(41)36(5)6/h8-14,19-20,24,26-30,38-39H,15-18H2,1-7H3,(H,35,40)/t19-,20-,24-,26+,27-,28-,29+,30-/m0/s1. The second kappa shape index (κ2) is 12.2. The van der Waals surface area contributed by atoms with Crippen LogP contribution in [0.25, 0.3) is 11.1 Å². The average Bonchev–Trinajstić information content (AvgIpc) is 3.36. The zero-order valence-corrected chi connectivity index (χ0v) is 26.4. The molecule has 4 aliphatic rings. The van der Waals surface area contributed by atoms with E-state index in [2.05, 4.69) is 26.1 Å². The fourth-order valence-electron chi connectivity index (χ4n) is 7.88. The first kappa shape index (κ1) is 31.4. The first-order chi connectivity index (χ1) is 20.4. The maximum Gasteiger partial charge on any atom is 0.253 e. The Morgan fingerprint density at radius 3 is 2.42 bits per heavy atom. The highest BCUT2D eigenvalue weighted by Gasteiger charge is 2.57. The number of nitrogens with zero attached hydrogens (tertiary/aromatic N) is 2. The van der Waals surface area contributed by atoms with Crippen molar-refractivity contribution in [3.63, 3.8) is 0 Å². The summed E-state index contributed by atoms with van der Waals surface area (Å²) in [5.41, 5.74) is 3.41. The topological polar surface area (TPSA) is 112 Å².